The molecule has 0 aromatic carbocycles. The Hall–Kier alpha value is -2.11. The number of methoxy groups -OCH3 is 1. The van der Waals surface area contributed by atoms with Gasteiger partial charge in [0.15, 0.2) is 5.72 Å². The molecule has 5 rings (SSSR count). The number of nitrogens with zero attached hydrogens (tertiary/aromatic N) is 4. The topological polar surface area (TPSA) is 147 Å². The SMILES string of the molecule is COCC12CN(S(=O)(=O)C=Cc3ccc(Cl)s3)CC(=O)N1CC1(CCN(c3ccncc3)CC1)O2.CS(=O)(=O)O. The zero-order valence-corrected chi connectivity index (χ0v) is 25.2. The standard InChI is InChI=1S/C23H27ClN4O5S2.CH4O3S/c1-32-17-23-16-27(35(30,31)13-6-19-2-3-20(24)34-19)14-21(29)28(23)15-22(33-23)7-11-26(12-8-22)18-4-9-25-10-5-18;1-5(2,3)4/h2-6,9-10,13H,7-8,11-12,14-17H2,1H3;1H3,(H,2,3,4). The van der Waals surface area contributed by atoms with Crippen molar-refractivity contribution in [3.63, 3.8) is 0 Å². The fourth-order valence-electron chi connectivity index (χ4n) is 5.13. The van der Waals surface area contributed by atoms with Crippen molar-refractivity contribution >= 4 is 60.7 Å². The van der Waals surface area contributed by atoms with Gasteiger partial charge in [0.2, 0.25) is 15.9 Å². The zero-order chi connectivity index (χ0) is 29.2. The normalized spacial score (nSPS) is 23.4. The van der Waals surface area contributed by atoms with Gasteiger partial charge in [-0.25, -0.2) is 8.42 Å². The van der Waals surface area contributed by atoms with Gasteiger partial charge in [-0.3, -0.25) is 14.3 Å². The third-order valence-corrected chi connectivity index (χ3v) is 9.47. The molecule has 12 nitrogen and oxygen atoms in total. The predicted molar refractivity (Wildman–Crippen MR) is 152 cm³/mol. The Morgan fingerprint density at radius 3 is 2.38 bits per heavy atom. The number of aromatic nitrogens is 1. The second kappa shape index (κ2) is 12.0. The summed E-state index contributed by atoms with van der Waals surface area (Å²) in [6.07, 6.45) is 7.20. The fourth-order valence-corrected chi connectivity index (χ4v) is 7.34. The van der Waals surface area contributed by atoms with E-state index in [1.54, 1.807) is 29.4 Å². The van der Waals surface area contributed by atoms with Crippen molar-refractivity contribution in [2.75, 3.05) is 57.6 Å². The summed E-state index contributed by atoms with van der Waals surface area (Å²) >= 11 is 7.23. The van der Waals surface area contributed by atoms with Crippen molar-refractivity contribution in [3.8, 4) is 0 Å². The van der Waals surface area contributed by atoms with Crippen LogP contribution in [-0.4, -0.2) is 106 Å². The Kier molecular flexibility index (Phi) is 9.26. The van der Waals surface area contributed by atoms with Crippen LogP contribution in [-0.2, 0) is 34.4 Å². The number of pyridine rings is 1. The van der Waals surface area contributed by atoms with Crippen molar-refractivity contribution in [3.05, 3.63) is 51.3 Å². The lowest BCUT2D eigenvalue weighted by molar-refractivity contribution is -0.194. The van der Waals surface area contributed by atoms with E-state index in [1.165, 1.54) is 28.8 Å². The number of carbonyl (C=O) groups is 1. The van der Waals surface area contributed by atoms with E-state index in [2.05, 4.69) is 9.88 Å². The van der Waals surface area contributed by atoms with E-state index in [0.29, 0.717) is 22.0 Å². The molecule has 1 N–H and O–H groups in total. The smallest absolute Gasteiger partial charge is 0.261 e. The number of hydrogen-bond donors (Lipinski definition) is 1. The van der Waals surface area contributed by atoms with Crippen LogP contribution in [0.25, 0.3) is 6.08 Å². The number of hydrogen-bond acceptors (Lipinski definition) is 10. The fraction of sp³-hybridized carbons (Fsp3) is 0.500. The van der Waals surface area contributed by atoms with Crippen molar-refractivity contribution in [2.24, 2.45) is 0 Å². The summed E-state index contributed by atoms with van der Waals surface area (Å²) in [4.78, 5) is 22.0. The molecule has 2 aromatic rings. The lowest BCUT2D eigenvalue weighted by Crippen LogP contribution is -2.65. The van der Waals surface area contributed by atoms with E-state index in [0.717, 1.165) is 37.0 Å². The van der Waals surface area contributed by atoms with Gasteiger partial charge in [-0.1, -0.05) is 11.6 Å². The quantitative estimate of drug-likeness (QED) is 0.469. The van der Waals surface area contributed by atoms with Crippen molar-refractivity contribution < 1.29 is 35.7 Å². The Bertz CT molecular complexity index is 1440. The van der Waals surface area contributed by atoms with Crippen molar-refractivity contribution in [1.29, 1.82) is 0 Å². The van der Waals surface area contributed by atoms with Gasteiger partial charge >= 0.3 is 0 Å². The second-order valence-electron chi connectivity index (χ2n) is 9.83. The average Bonchev–Trinajstić information content (AvgIpc) is 3.44. The number of sulfonamides is 1. The number of fused-ring (bicyclic) bond motifs is 1. The van der Waals surface area contributed by atoms with Gasteiger partial charge in [-0.2, -0.15) is 12.7 Å². The van der Waals surface area contributed by atoms with E-state index in [1.807, 2.05) is 12.1 Å². The van der Waals surface area contributed by atoms with Gasteiger partial charge < -0.3 is 19.3 Å². The van der Waals surface area contributed by atoms with Crippen molar-refractivity contribution in [1.82, 2.24) is 14.2 Å². The molecule has 40 heavy (non-hydrogen) atoms. The molecular weight excluding hydrogens is 604 g/mol. The first-order valence-electron chi connectivity index (χ1n) is 12.2. The number of halogens is 1. The van der Waals surface area contributed by atoms with Crippen LogP contribution in [0, 0.1) is 0 Å². The van der Waals surface area contributed by atoms with Gasteiger partial charge in [0, 0.05) is 48.6 Å². The Labute approximate surface area is 242 Å². The number of thiophene rings is 1. The van der Waals surface area contributed by atoms with Crippen LogP contribution >= 0.6 is 22.9 Å². The minimum Gasteiger partial charge on any atom is -0.380 e. The zero-order valence-electron chi connectivity index (χ0n) is 22.0. The molecule has 1 atom stereocenters. The maximum atomic E-state index is 13.2. The molecule has 3 fully saturated rings. The molecule has 1 amide bonds. The number of ether oxygens (including phenoxy) is 2. The minimum absolute atomic E-state index is 0.0142. The Morgan fingerprint density at radius 1 is 1.15 bits per heavy atom. The Balaban J connectivity index is 0.000000681. The summed E-state index contributed by atoms with van der Waals surface area (Å²) in [6.45, 7) is 1.83. The Morgan fingerprint density at radius 2 is 1.80 bits per heavy atom. The molecule has 0 saturated carbocycles. The molecule has 3 aliphatic heterocycles. The molecule has 1 unspecified atom stereocenters. The minimum atomic E-state index is -3.87. The van der Waals surface area contributed by atoms with Gasteiger partial charge in [0.25, 0.3) is 10.1 Å². The molecule has 5 heterocycles. The van der Waals surface area contributed by atoms with E-state index in [4.69, 9.17) is 25.6 Å². The van der Waals surface area contributed by atoms with E-state index < -0.39 is 31.5 Å². The molecule has 0 radical (unpaired) electrons. The molecule has 0 aliphatic carbocycles. The number of piperidine rings is 1. The number of piperazine rings is 1. The van der Waals surface area contributed by atoms with E-state index in [9.17, 15) is 21.6 Å². The maximum Gasteiger partial charge on any atom is 0.261 e. The van der Waals surface area contributed by atoms with E-state index >= 15 is 0 Å². The summed E-state index contributed by atoms with van der Waals surface area (Å²) in [7, 11) is -6.00. The largest absolute Gasteiger partial charge is 0.380 e. The first kappa shape index (κ1) is 30.8. The highest BCUT2D eigenvalue weighted by atomic mass is 35.5. The van der Waals surface area contributed by atoms with Crippen LogP contribution in [0.5, 0.6) is 0 Å². The highest BCUT2D eigenvalue weighted by Gasteiger charge is 2.60. The first-order valence-corrected chi connectivity index (χ1v) is 16.8. The molecule has 16 heteroatoms. The lowest BCUT2D eigenvalue weighted by Gasteiger charge is -2.44. The van der Waals surface area contributed by atoms with Gasteiger partial charge in [0.1, 0.15) is 0 Å². The number of anilines is 1. The summed E-state index contributed by atoms with van der Waals surface area (Å²) in [5.41, 5.74) is -0.596. The van der Waals surface area contributed by atoms with Gasteiger partial charge in [-0.15, -0.1) is 11.3 Å². The molecule has 3 saturated heterocycles. The second-order valence-corrected chi connectivity index (χ2v) is 14.9. The van der Waals surface area contributed by atoms with Crippen LogP contribution in [0.15, 0.2) is 42.1 Å². The monoisotopic (exact) mass is 634 g/mol. The number of carbonyl (C=O) groups excluding carboxylic acids is 1. The van der Waals surface area contributed by atoms with Crippen LogP contribution in [0.4, 0.5) is 5.69 Å². The molecule has 220 valence electrons. The third kappa shape index (κ3) is 7.39. The summed E-state index contributed by atoms with van der Waals surface area (Å²) < 4.78 is 66.0. The highest BCUT2D eigenvalue weighted by molar-refractivity contribution is 7.92. The third-order valence-electron chi connectivity index (χ3n) is 6.81. The van der Waals surface area contributed by atoms with Crippen LogP contribution in [0.1, 0.15) is 17.7 Å². The molecular formula is C24H31ClN4O8S3. The van der Waals surface area contributed by atoms with Gasteiger partial charge in [-0.05, 0) is 43.2 Å². The van der Waals surface area contributed by atoms with Crippen molar-refractivity contribution in [2.45, 2.75) is 24.2 Å². The lowest BCUT2D eigenvalue weighted by atomic mass is 9.91. The highest BCUT2D eigenvalue weighted by Crippen LogP contribution is 2.44. The van der Waals surface area contributed by atoms with Gasteiger partial charge in [0.05, 0.1) is 42.4 Å². The molecule has 0 bridgehead atoms. The molecule has 3 aliphatic rings. The predicted octanol–water partition coefficient (Wildman–Crippen LogP) is 2.16. The van der Waals surface area contributed by atoms with Crippen LogP contribution in [0.3, 0.4) is 0 Å². The molecule has 2 aromatic heterocycles. The summed E-state index contributed by atoms with van der Waals surface area (Å²) in [5, 5.41) is 1.12. The first-order chi connectivity index (χ1) is 18.7. The van der Waals surface area contributed by atoms with Crippen LogP contribution in [0.2, 0.25) is 4.34 Å². The number of rotatable bonds is 6. The maximum absolute atomic E-state index is 13.2. The van der Waals surface area contributed by atoms with Crippen LogP contribution < -0.4 is 4.90 Å². The number of amides is 1. The average molecular weight is 635 g/mol. The van der Waals surface area contributed by atoms with E-state index in [-0.39, 0.29) is 25.6 Å². The summed E-state index contributed by atoms with van der Waals surface area (Å²) in [6, 6.07) is 7.41. The summed E-state index contributed by atoms with van der Waals surface area (Å²) in [5.74, 6) is -0.280. The molecule has 1 spiro atoms.